The van der Waals surface area contributed by atoms with E-state index in [9.17, 15) is 4.79 Å². The minimum Gasteiger partial charge on any atom is -0.480 e. The Morgan fingerprint density at radius 1 is 1.67 bits per heavy atom. The topological polar surface area (TPSA) is 58.6 Å². The van der Waals surface area contributed by atoms with Gasteiger partial charge in [-0.2, -0.15) is 0 Å². The summed E-state index contributed by atoms with van der Waals surface area (Å²) in [6.45, 7) is 2.55. The lowest BCUT2D eigenvalue weighted by atomic mass is 10.1. The molecular weight excluding hydrogens is 158 g/mol. The molecule has 4 heteroatoms. The molecule has 1 aliphatic rings. The van der Waals surface area contributed by atoms with Crippen LogP contribution >= 0.6 is 0 Å². The summed E-state index contributed by atoms with van der Waals surface area (Å²) in [5.41, 5.74) is 0. The molecule has 1 atom stereocenters. The summed E-state index contributed by atoms with van der Waals surface area (Å²) < 4.78 is 5.19. The van der Waals surface area contributed by atoms with Crippen LogP contribution in [0.1, 0.15) is 12.8 Å². The molecule has 12 heavy (non-hydrogen) atoms. The number of ether oxygens (including phenoxy) is 1. The molecule has 0 aromatic rings. The van der Waals surface area contributed by atoms with Crippen molar-refractivity contribution in [1.29, 1.82) is 0 Å². The highest BCUT2D eigenvalue weighted by Gasteiger charge is 2.14. The molecule has 0 aromatic carbocycles. The number of carboxylic acids is 1. The van der Waals surface area contributed by atoms with Crippen molar-refractivity contribution in [1.82, 2.24) is 5.32 Å². The van der Waals surface area contributed by atoms with Gasteiger partial charge in [0.2, 0.25) is 0 Å². The van der Waals surface area contributed by atoms with Crippen molar-refractivity contribution in [2.24, 2.45) is 5.92 Å². The second kappa shape index (κ2) is 5.11. The number of carboxylic acid groups (broad SMARTS) is 1. The molecular formula is C8H15NO3. The van der Waals surface area contributed by atoms with E-state index in [1.165, 1.54) is 0 Å². The lowest BCUT2D eigenvalue weighted by Crippen LogP contribution is -2.24. The first-order valence-corrected chi connectivity index (χ1v) is 4.29. The van der Waals surface area contributed by atoms with Crippen LogP contribution in [-0.4, -0.2) is 37.4 Å². The first-order valence-electron chi connectivity index (χ1n) is 4.29. The third kappa shape index (κ3) is 3.69. The van der Waals surface area contributed by atoms with Gasteiger partial charge in [0.25, 0.3) is 0 Å². The molecule has 1 fully saturated rings. The summed E-state index contributed by atoms with van der Waals surface area (Å²) in [5.74, 6) is -0.163. The molecule has 0 amide bonds. The number of rotatable bonds is 5. The number of nitrogens with one attached hydrogen (secondary N) is 1. The molecule has 0 aliphatic carbocycles. The molecule has 1 aliphatic heterocycles. The van der Waals surface area contributed by atoms with Crippen molar-refractivity contribution in [3.63, 3.8) is 0 Å². The summed E-state index contributed by atoms with van der Waals surface area (Å²) in [4.78, 5) is 10.1. The lowest BCUT2D eigenvalue weighted by Gasteiger charge is -2.06. The summed E-state index contributed by atoms with van der Waals surface area (Å²) >= 11 is 0. The Hall–Kier alpha value is -0.610. The van der Waals surface area contributed by atoms with Gasteiger partial charge < -0.3 is 15.2 Å². The minimum atomic E-state index is -0.794. The van der Waals surface area contributed by atoms with Crippen LogP contribution in [0.25, 0.3) is 0 Å². The molecule has 1 heterocycles. The van der Waals surface area contributed by atoms with E-state index < -0.39 is 5.97 Å². The number of carbonyl (C=O) groups is 1. The standard InChI is InChI=1S/C8H15NO3/c10-8(11)5-9-3-1-7-2-4-12-6-7/h7,9H,1-6H2,(H,10,11). The third-order valence-electron chi connectivity index (χ3n) is 2.03. The van der Waals surface area contributed by atoms with E-state index in [0.717, 1.165) is 32.6 Å². The SMILES string of the molecule is O=C(O)CNCCC1CCOC1. The molecule has 4 nitrogen and oxygen atoms in total. The van der Waals surface area contributed by atoms with Gasteiger partial charge in [-0.05, 0) is 25.3 Å². The molecule has 0 saturated carbocycles. The second-order valence-corrected chi connectivity index (χ2v) is 3.09. The van der Waals surface area contributed by atoms with Crippen LogP contribution in [-0.2, 0) is 9.53 Å². The van der Waals surface area contributed by atoms with Crippen LogP contribution in [0.2, 0.25) is 0 Å². The highest BCUT2D eigenvalue weighted by Crippen LogP contribution is 2.14. The number of aliphatic carboxylic acids is 1. The Kier molecular flexibility index (Phi) is 4.04. The Bertz CT molecular complexity index is 143. The first-order chi connectivity index (χ1) is 5.79. The fraction of sp³-hybridized carbons (Fsp3) is 0.875. The molecule has 0 aromatic heterocycles. The van der Waals surface area contributed by atoms with Gasteiger partial charge in [-0.3, -0.25) is 4.79 Å². The average molecular weight is 173 g/mol. The van der Waals surface area contributed by atoms with Crippen LogP contribution in [0.4, 0.5) is 0 Å². The van der Waals surface area contributed by atoms with Crippen LogP contribution in [0.5, 0.6) is 0 Å². The predicted octanol–water partition coefficient (Wildman–Crippen LogP) is 0.0872. The summed E-state index contributed by atoms with van der Waals surface area (Å²) in [5, 5.41) is 11.2. The van der Waals surface area contributed by atoms with Gasteiger partial charge in [-0.1, -0.05) is 0 Å². The Labute approximate surface area is 71.9 Å². The summed E-state index contributed by atoms with van der Waals surface area (Å²) in [7, 11) is 0. The van der Waals surface area contributed by atoms with Crippen LogP contribution in [0, 0.1) is 5.92 Å². The molecule has 0 bridgehead atoms. The van der Waals surface area contributed by atoms with Crippen molar-refractivity contribution >= 4 is 5.97 Å². The van der Waals surface area contributed by atoms with E-state index in [2.05, 4.69) is 5.32 Å². The largest absolute Gasteiger partial charge is 0.480 e. The molecule has 70 valence electrons. The van der Waals surface area contributed by atoms with E-state index in [4.69, 9.17) is 9.84 Å². The van der Waals surface area contributed by atoms with Crippen LogP contribution < -0.4 is 5.32 Å². The number of hydrogen-bond acceptors (Lipinski definition) is 3. The van der Waals surface area contributed by atoms with Crippen molar-refractivity contribution in [3.8, 4) is 0 Å². The fourth-order valence-electron chi connectivity index (χ4n) is 1.31. The third-order valence-corrected chi connectivity index (χ3v) is 2.03. The highest BCUT2D eigenvalue weighted by molar-refractivity contribution is 5.68. The molecule has 0 spiro atoms. The van der Waals surface area contributed by atoms with Gasteiger partial charge in [0, 0.05) is 13.2 Å². The van der Waals surface area contributed by atoms with E-state index >= 15 is 0 Å². The monoisotopic (exact) mass is 173 g/mol. The van der Waals surface area contributed by atoms with Crippen LogP contribution in [0.3, 0.4) is 0 Å². The molecule has 2 N–H and O–H groups in total. The van der Waals surface area contributed by atoms with Crippen molar-refractivity contribution in [3.05, 3.63) is 0 Å². The smallest absolute Gasteiger partial charge is 0.317 e. The van der Waals surface area contributed by atoms with Crippen molar-refractivity contribution in [2.45, 2.75) is 12.8 Å². The van der Waals surface area contributed by atoms with Gasteiger partial charge in [0.1, 0.15) is 0 Å². The maximum absolute atomic E-state index is 10.1. The van der Waals surface area contributed by atoms with Gasteiger partial charge in [0.15, 0.2) is 0 Å². The second-order valence-electron chi connectivity index (χ2n) is 3.09. The van der Waals surface area contributed by atoms with E-state index in [0.29, 0.717) is 5.92 Å². The zero-order chi connectivity index (χ0) is 8.81. The van der Waals surface area contributed by atoms with E-state index in [1.807, 2.05) is 0 Å². The van der Waals surface area contributed by atoms with Crippen LogP contribution in [0.15, 0.2) is 0 Å². The van der Waals surface area contributed by atoms with E-state index in [-0.39, 0.29) is 6.54 Å². The van der Waals surface area contributed by atoms with Gasteiger partial charge in [-0.15, -0.1) is 0 Å². The minimum absolute atomic E-state index is 0.0631. The first kappa shape index (κ1) is 9.48. The van der Waals surface area contributed by atoms with Gasteiger partial charge >= 0.3 is 5.97 Å². The zero-order valence-corrected chi connectivity index (χ0v) is 7.08. The van der Waals surface area contributed by atoms with Crippen molar-refractivity contribution < 1.29 is 14.6 Å². The maximum atomic E-state index is 10.1. The quantitative estimate of drug-likeness (QED) is 0.578. The Balaban J connectivity index is 1.91. The summed E-state index contributed by atoms with van der Waals surface area (Å²) in [6.07, 6.45) is 2.14. The normalized spacial score (nSPS) is 22.8. The summed E-state index contributed by atoms with van der Waals surface area (Å²) in [6, 6.07) is 0. The fourth-order valence-corrected chi connectivity index (χ4v) is 1.31. The van der Waals surface area contributed by atoms with E-state index in [1.54, 1.807) is 0 Å². The molecule has 1 unspecified atom stereocenters. The highest BCUT2D eigenvalue weighted by atomic mass is 16.5. The zero-order valence-electron chi connectivity index (χ0n) is 7.08. The molecule has 1 rings (SSSR count). The van der Waals surface area contributed by atoms with Gasteiger partial charge in [-0.25, -0.2) is 0 Å². The van der Waals surface area contributed by atoms with Crippen molar-refractivity contribution in [2.75, 3.05) is 26.3 Å². The predicted molar refractivity (Wildman–Crippen MR) is 44.0 cm³/mol. The number of hydrogen-bond donors (Lipinski definition) is 2. The van der Waals surface area contributed by atoms with Gasteiger partial charge in [0.05, 0.1) is 6.54 Å². The molecule has 1 saturated heterocycles. The Morgan fingerprint density at radius 3 is 3.08 bits per heavy atom. The average Bonchev–Trinajstić information content (AvgIpc) is 2.49. The maximum Gasteiger partial charge on any atom is 0.317 e. The molecule has 0 radical (unpaired) electrons. The Morgan fingerprint density at radius 2 is 2.50 bits per heavy atom. The lowest BCUT2D eigenvalue weighted by molar-refractivity contribution is -0.135.